The number of hydrogen-bond donors (Lipinski definition) is 3. The van der Waals surface area contributed by atoms with Gasteiger partial charge in [0.05, 0.1) is 114 Å². The molecule has 12 heterocycles. The lowest BCUT2D eigenvalue weighted by Crippen LogP contribution is -2.24. The third kappa shape index (κ3) is 14.2. The summed E-state index contributed by atoms with van der Waals surface area (Å²) in [7, 11) is 4.43. The highest BCUT2D eigenvalue weighted by molar-refractivity contribution is 7.20. The molecule has 3 aromatic carbocycles. The SMILES string of the molecule is COC(=O)Cc1nc2c(s1)c1cnn(Cc3cccc4c3cnn4COCC[Si](C)(C)C)c(=O)c1n2C.Cn1c2nc(CC(=O)O)sc2c2cnn(Cc3cccc4c3cnn4COCC[Si](C)(C)C)c(=O)c21.Cn1c2nc(CC(N)=O)sc2c2cnn(Cc3cccc4[nH]ncc34)c(=O)c21. The number of esters is 1. The summed E-state index contributed by atoms with van der Waals surface area (Å²) in [5.41, 5.74) is 13.8. The molecule has 12 aromatic heterocycles. The fraction of sp³-hybridized carbons (Fsp3) is 0.328. The second-order valence-electron chi connectivity index (χ2n) is 27.0. The Balaban J connectivity index is 0.000000137. The number of nitrogens with one attached hydrogen (secondary N) is 1. The fourth-order valence-corrected chi connectivity index (χ4v) is 16.9. The number of thiazole rings is 3. The summed E-state index contributed by atoms with van der Waals surface area (Å²) in [6.45, 7) is 17.1. The molecule has 0 bridgehead atoms. The zero-order chi connectivity index (χ0) is 71.3. The fourth-order valence-electron chi connectivity index (χ4n) is 12.1. The van der Waals surface area contributed by atoms with E-state index >= 15 is 0 Å². The van der Waals surface area contributed by atoms with E-state index in [4.69, 9.17) is 25.1 Å². The maximum absolute atomic E-state index is 13.5. The van der Waals surface area contributed by atoms with Crippen LogP contribution in [-0.4, -0.2) is 147 Å². The Hall–Kier alpha value is -10.2. The lowest BCUT2D eigenvalue weighted by atomic mass is 10.1. The first-order chi connectivity index (χ1) is 48.3. The minimum atomic E-state index is -1.15. The Kier molecular flexibility index (Phi) is 19.2. The highest BCUT2D eigenvalue weighted by Crippen LogP contribution is 2.35. The highest BCUT2D eigenvalue weighted by Gasteiger charge is 2.25. The van der Waals surface area contributed by atoms with Crippen LogP contribution in [-0.2, 0) is 102 Å². The maximum atomic E-state index is 13.5. The van der Waals surface area contributed by atoms with Crippen LogP contribution in [0.15, 0.2) is 106 Å². The van der Waals surface area contributed by atoms with Gasteiger partial charge < -0.3 is 38.8 Å². The van der Waals surface area contributed by atoms with Crippen molar-refractivity contribution in [3.8, 4) is 0 Å². The Morgan fingerprint density at radius 1 is 0.505 bits per heavy atom. The highest BCUT2D eigenvalue weighted by atomic mass is 32.1. The monoisotopic (exact) mass is 1460 g/mol. The molecule has 0 unspecified atom stereocenters. The van der Waals surface area contributed by atoms with Crippen molar-refractivity contribution in [1.82, 2.24) is 87.8 Å². The molecule has 1 amide bonds. The molecule has 4 N–H and O–H groups in total. The number of aryl methyl sites for hydroxylation is 3. The number of ether oxygens (including phenoxy) is 3. The quantitative estimate of drug-likeness (QED) is 0.0324. The molecular formula is C67H73N19O10S3Si2. The Morgan fingerprint density at radius 2 is 0.881 bits per heavy atom. The summed E-state index contributed by atoms with van der Waals surface area (Å²) in [4.78, 5) is 87.4. The number of hydrogen-bond acceptors (Lipinski definition) is 21. The van der Waals surface area contributed by atoms with Crippen LogP contribution in [0, 0.1) is 0 Å². The van der Waals surface area contributed by atoms with Crippen molar-refractivity contribution in [3.05, 3.63) is 155 Å². The molecule has 15 rings (SSSR count). The lowest BCUT2D eigenvalue weighted by Gasteiger charge is -2.15. The smallest absolute Gasteiger partial charge is 0.312 e. The molecule has 101 heavy (non-hydrogen) atoms. The number of carbonyl (C=O) groups excluding carboxylic acids is 2. The summed E-state index contributed by atoms with van der Waals surface area (Å²) in [6.07, 6.45) is 10.5. The van der Waals surface area contributed by atoms with E-state index < -0.39 is 28.0 Å². The minimum absolute atomic E-state index is 0.0834. The van der Waals surface area contributed by atoms with E-state index in [-0.39, 0.29) is 41.9 Å². The zero-order valence-electron chi connectivity index (χ0n) is 57.2. The standard InChI is InChI=1S/C25H30N6O4SSi.C24H28N6O4SSi.C18H15N7O2S/c1-29-22-18(23-24(29)28-20(36-23)11-21(32)34-2)13-26-30(25(22)33)14-16-7-6-8-19-17(16)12-27-31(19)15-35-9-10-37(3,4)5;1-28-21-17(22-23(28)27-19(35-22)10-20(31)32)12-25-29(24(21)33)13-15-6-5-7-18-16(15)11-26-30(18)14-34-8-9-36(2,3)4;1-24-15-11(16-17(24)22-14(28-16)5-13(19)26)7-21-25(18(15)27)8-9-3-2-4-12-10(9)6-20-23-12/h6-8,12-13H,9-11,14-15H2,1-5H3;5-7,11-12H,8-10,13-14H2,1-4H3,(H,31,32);2-4,6-7H,5,8H2,1H3,(H2,19,26)(H,20,23). The Bertz CT molecular complexity index is 5910. The molecule has 522 valence electrons. The summed E-state index contributed by atoms with van der Waals surface area (Å²) in [5, 5.41) is 45.2. The van der Waals surface area contributed by atoms with Gasteiger partial charge >= 0.3 is 11.9 Å². The first-order valence-electron chi connectivity index (χ1n) is 32.3. The van der Waals surface area contributed by atoms with Gasteiger partial charge in [-0.05, 0) is 47.0 Å². The van der Waals surface area contributed by atoms with Gasteiger partial charge in [-0.15, -0.1) is 34.0 Å². The predicted molar refractivity (Wildman–Crippen MR) is 395 cm³/mol. The van der Waals surface area contributed by atoms with Crippen LogP contribution in [0.25, 0.3) is 96.5 Å². The van der Waals surface area contributed by atoms with E-state index in [1.54, 1.807) is 52.6 Å². The average molecular weight is 1460 g/mol. The van der Waals surface area contributed by atoms with Gasteiger partial charge in [-0.25, -0.2) is 38.4 Å². The van der Waals surface area contributed by atoms with Crippen LogP contribution >= 0.6 is 34.0 Å². The van der Waals surface area contributed by atoms with Crippen molar-refractivity contribution < 1.29 is 33.7 Å². The van der Waals surface area contributed by atoms with Crippen LogP contribution in [0.5, 0.6) is 0 Å². The number of aliphatic carboxylic acids is 1. The van der Waals surface area contributed by atoms with Crippen LogP contribution < -0.4 is 22.4 Å². The normalized spacial score (nSPS) is 12.1. The van der Waals surface area contributed by atoms with E-state index in [0.29, 0.717) is 87.0 Å². The van der Waals surface area contributed by atoms with Gasteiger partial charge in [0.1, 0.15) is 45.0 Å². The van der Waals surface area contributed by atoms with Gasteiger partial charge in [-0.3, -0.25) is 33.9 Å². The maximum Gasteiger partial charge on any atom is 0.312 e. The largest absolute Gasteiger partial charge is 0.481 e. The van der Waals surface area contributed by atoms with E-state index in [1.807, 2.05) is 83.4 Å². The summed E-state index contributed by atoms with van der Waals surface area (Å²) >= 11 is 4.03. The molecule has 0 radical (unpaired) electrons. The van der Waals surface area contributed by atoms with E-state index in [1.165, 1.54) is 55.2 Å². The van der Waals surface area contributed by atoms with Crippen molar-refractivity contribution in [2.45, 2.75) is 104 Å². The second kappa shape index (κ2) is 28.1. The molecule has 15 aromatic rings. The molecule has 0 aliphatic carbocycles. The summed E-state index contributed by atoms with van der Waals surface area (Å²) in [5.74, 6) is -1.72. The summed E-state index contributed by atoms with van der Waals surface area (Å²) < 4.78 is 32.3. The third-order valence-corrected chi connectivity index (χ3v) is 24.0. The number of methoxy groups -OCH3 is 1. The number of nitrogens with two attached hydrogens (primary N) is 1. The number of primary amides is 1. The van der Waals surface area contributed by atoms with Gasteiger partial charge in [0.25, 0.3) is 16.7 Å². The molecule has 0 fully saturated rings. The number of benzene rings is 3. The first-order valence-corrected chi connectivity index (χ1v) is 42.2. The molecular weight excluding hydrogens is 1380 g/mol. The number of nitrogens with zero attached hydrogens (tertiary/aromatic N) is 17. The van der Waals surface area contributed by atoms with Crippen molar-refractivity contribution in [2.24, 2.45) is 26.9 Å². The number of carboxylic acids is 1. The Labute approximate surface area is 587 Å². The van der Waals surface area contributed by atoms with Gasteiger partial charge in [-0.2, -0.15) is 30.6 Å². The number of fused-ring (bicyclic) bond motifs is 12. The topological polar surface area (TPSA) is 348 Å². The number of aromatic nitrogens is 18. The van der Waals surface area contributed by atoms with Crippen molar-refractivity contribution in [2.75, 3.05) is 20.3 Å². The first kappa shape index (κ1) is 69.3. The average Bonchev–Trinajstić information content (AvgIpc) is 1.60. The third-order valence-electron chi connectivity index (χ3n) is 17.4. The molecule has 0 spiro atoms. The predicted octanol–water partition coefficient (Wildman–Crippen LogP) is 8.75. The van der Waals surface area contributed by atoms with Crippen LogP contribution in [0.3, 0.4) is 0 Å². The zero-order valence-corrected chi connectivity index (χ0v) is 61.6. The lowest BCUT2D eigenvalue weighted by molar-refractivity contribution is -0.140. The minimum Gasteiger partial charge on any atom is -0.481 e. The van der Waals surface area contributed by atoms with Crippen molar-refractivity contribution in [3.63, 3.8) is 0 Å². The van der Waals surface area contributed by atoms with Crippen molar-refractivity contribution >= 4 is 164 Å². The van der Waals surface area contributed by atoms with Crippen LogP contribution in [0.1, 0.15) is 31.7 Å². The van der Waals surface area contributed by atoms with E-state index in [2.05, 4.69) is 89.9 Å². The van der Waals surface area contributed by atoms with Gasteiger partial charge in [0.2, 0.25) is 5.91 Å². The van der Waals surface area contributed by atoms with Gasteiger partial charge in [0, 0.05) is 82.8 Å². The van der Waals surface area contributed by atoms with Crippen LogP contribution in [0.2, 0.25) is 51.4 Å². The van der Waals surface area contributed by atoms with E-state index in [0.717, 1.165) is 99.6 Å². The molecule has 0 aliphatic heterocycles. The van der Waals surface area contributed by atoms with Crippen molar-refractivity contribution in [1.29, 1.82) is 0 Å². The molecule has 0 aliphatic rings. The molecule has 29 nitrogen and oxygen atoms in total. The molecule has 34 heteroatoms. The van der Waals surface area contributed by atoms with E-state index in [9.17, 15) is 28.8 Å². The molecule has 0 saturated carbocycles. The Morgan fingerprint density at radius 3 is 1.28 bits per heavy atom. The van der Waals surface area contributed by atoms with Crippen LogP contribution in [0.4, 0.5) is 0 Å². The molecule has 0 atom stereocenters. The van der Waals surface area contributed by atoms with Gasteiger partial charge in [0.15, 0.2) is 16.9 Å². The number of carboxylic acid groups (broad SMARTS) is 1. The second-order valence-corrected chi connectivity index (χ2v) is 41.5. The van der Waals surface area contributed by atoms with Gasteiger partial charge in [-0.1, -0.05) is 75.7 Å². The number of amides is 1. The number of aromatic amines is 1. The number of H-pyrrole nitrogens is 1. The number of rotatable bonds is 22. The molecule has 0 saturated heterocycles. The number of carbonyl (C=O) groups is 3. The summed E-state index contributed by atoms with van der Waals surface area (Å²) in [6, 6.07) is 19.9.